The summed E-state index contributed by atoms with van der Waals surface area (Å²) in [6.07, 6.45) is 2.01. The number of carboxylic acid groups (broad SMARTS) is 1. The molecule has 0 fully saturated rings. The minimum atomic E-state index is -3.54. The highest BCUT2D eigenvalue weighted by atomic mass is 32.2. The van der Waals surface area contributed by atoms with Crippen LogP contribution in [0.4, 0.5) is 0 Å². The molecular weight excluding hydrogens is 392 g/mol. The molecule has 1 atom stereocenters. The largest absolute Gasteiger partial charge is 0.490 e. The van der Waals surface area contributed by atoms with Crippen LogP contribution in [0.3, 0.4) is 0 Å². The number of sulfone groups is 1. The Morgan fingerprint density at radius 1 is 1.17 bits per heavy atom. The summed E-state index contributed by atoms with van der Waals surface area (Å²) >= 11 is 0. The monoisotopic (exact) mass is 416 g/mol. The molecule has 0 saturated carbocycles. The number of hydrogen-bond donors (Lipinski definition) is 1. The molecule has 1 aliphatic rings. The van der Waals surface area contributed by atoms with E-state index in [0.717, 1.165) is 12.0 Å². The van der Waals surface area contributed by atoms with Crippen LogP contribution >= 0.6 is 0 Å². The van der Waals surface area contributed by atoms with Crippen LogP contribution in [0, 0.1) is 0 Å². The Kier molecular flexibility index (Phi) is 6.71. The fourth-order valence-electron chi connectivity index (χ4n) is 3.14. The standard InChI is InChI=1S/C22H24O6S/c1-2-11-27-20(16-6-4-3-5-7-16)15-28-19-8-9-21-18(14-19)13-17(22(23)24)10-12-29(21,25)26/h3-9,13-14,20H,2,10-12,15H2,1H3,(H,23,24). The van der Waals surface area contributed by atoms with Gasteiger partial charge in [0, 0.05) is 12.2 Å². The van der Waals surface area contributed by atoms with E-state index in [4.69, 9.17) is 9.47 Å². The van der Waals surface area contributed by atoms with Crippen molar-refractivity contribution in [2.24, 2.45) is 0 Å². The minimum Gasteiger partial charge on any atom is -0.490 e. The molecule has 6 nitrogen and oxygen atoms in total. The first-order valence-electron chi connectivity index (χ1n) is 9.50. The third-order valence-corrected chi connectivity index (χ3v) is 6.44. The zero-order valence-corrected chi connectivity index (χ0v) is 17.0. The molecule has 29 heavy (non-hydrogen) atoms. The summed E-state index contributed by atoms with van der Waals surface area (Å²) in [6, 6.07) is 14.4. The van der Waals surface area contributed by atoms with Crippen molar-refractivity contribution in [3.8, 4) is 5.75 Å². The molecular formula is C22H24O6S. The average Bonchev–Trinajstić information content (AvgIpc) is 2.84. The first-order valence-corrected chi connectivity index (χ1v) is 11.2. The number of ether oxygens (including phenoxy) is 2. The smallest absolute Gasteiger partial charge is 0.331 e. The molecule has 0 spiro atoms. The Bertz CT molecular complexity index is 995. The molecule has 0 saturated heterocycles. The van der Waals surface area contributed by atoms with Crippen LogP contribution < -0.4 is 4.74 Å². The van der Waals surface area contributed by atoms with Crippen molar-refractivity contribution in [2.75, 3.05) is 19.0 Å². The van der Waals surface area contributed by atoms with E-state index in [1.54, 1.807) is 12.1 Å². The SMILES string of the molecule is CCCOC(COc1ccc2c(c1)C=C(C(=O)O)CCS2(=O)=O)c1ccccc1. The van der Waals surface area contributed by atoms with Crippen LogP contribution in [-0.4, -0.2) is 38.5 Å². The Labute approximate surface area is 170 Å². The second-order valence-corrected chi connectivity index (χ2v) is 8.90. The topological polar surface area (TPSA) is 89.9 Å². The van der Waals surface area contributed by atoms with Crippen molar-refractivity contribution in [3.63, 3.8) is 0 Å². The number of benzene rings is 2. The summed E-state index contributed by atoms with van der Waals surface area (Å²) in [5, 5.41) is 9.30. The van der Waals surface area contributed by atoms with Crippen molar-refractivity contribution in [1.29, 1.82) is 0 Å². The summed E-state index contributed by atoms with van der Waals surface area (Å²) in [7, 11) is -3.54. The van der Waals surface area contributed by atoms with E-state index < -0.39 is 15.8 Å². The number of carbonyl (C=O) groups is 1. The van der Waals surface area contributed by atoms with Gasteiger partial charge in [-0.15, -0.1) is 0 Å². The van der Waals surface area contributed by atoms with Gasteiger partial charge >= 0.3 is 5.97 Å². The number of carboxylic acids is 1. The van der Waals surface area contributed by atoms with E-state index in [1.807, 2.05) is 37.3 Å². The maximum Gasteiger partial charge on any atom is 0.331 e. The lowest BCUT2D eigenvalue weighted by Gasteiger charge is -2.19. The Morgan fingerprint density at radius 3 is 2.62 bits per heavy atom. The molecule has 0 aliphatic carbocycles. The molecule has 0 aromatic heterocycles. The summed E-state index contributed by atoms with van der Waals surface area (Å²) in [4.78, 5) is 11.5. The van der Waals surface area contributed by atoms with Gasteiger partial charge in [0.25, 0.3) is 0 Å². The van der Waals surface area contributed by atoms with Gasteiger partial charge in [-0.3, -0.25) is 0 Å². The summed E-state index contributed by atoms with van der Waals surface area (Å²) < 4.78 is 36.7. The average molecular weight is 416 g/mol. The van der Waals surface area contributed by atoms with E-state index in [9.17, 15) is 18.3 Å². The van der Waals surface area contributed by atoms with Gasteiger partial charge in [0.15, 0.2) is 9.84 Å². The van der Waals surface area contributed by atoms with Crippen molar-refractivity contribution in [2.45, 2.75) is 30.8 Å². The maximum absolute atomic E-state index is 12.5. The van der Waals surface area contributed by atoms with Gasteiger partial charge < -0.3 is 14.6 Å². The van der Waals surface area contributed by atoms with Crippen LogP contribution in [0.25, 0.3) is 6.08 Å². The third kappa shape index (κ3) is 5.25. The van der Waals surface area contributed by atoms with Gasteiger partial charge in [-0.1, -0.05) is 37.3 Å². The van der Waals surface area contributed by atoms with Crippen LogP contribution in [0.2, 0.25) is 0 Å². The highest BCUT2D eigenvalue weighted by molar-refractivity contribution is 7.91. The molecule has 1 N–H and O–H groups in total. The van der Waals surface area contributed by atoms with Crippen LogP contribution in [0.15, 0.2) is 59.0 Å². The predicted molar refractivity (Wildman–Crippen MR) is 110 cm³/mol. The lowest BCUT2D eigenvalue weighted by atomic mass is 10.1. The Morgan fingerprint density at radius 2 is 1.93 bits per heavy atom. The molecule has 154 valence electrons. The molecule has 1 aliphatic heterocycles. The van der Waals surface area contributed by atoms with Crippen molar-refractivity contribution >= 4 is 21.9 Å². The molecule has 0 radical (unpaired) electrons. The van der Waals surface area contributed by atoms with Gasteiger partial charge in [-0.2, -0.15) is 0 Å². The van der Waals surface area contributed by atoms with Gasteiger partial charge in [0.2, 0.25) is 0 Å². The normalized spacial score (nSPS) is 16.2. The predicted octanol–water partition coefficient (Wildman–Crippen LogP) is 3.88. The fourth-order valence-corrected chi connectivity index (χ4v) is 4.60. The van der Waals surface area contributed by atoms with Gasteiger partial charge in [-0.25, -0.2) is 13.2 Å². The zero-order chi connectivity index (χ0) is 20.9. The lowest BCUT2D eigenvalue weighted by molar-refractivity contribution is -0.132. The molecule has 3 rings (SSSR count). The van der Waals surface area contributed by atoms with Gasteiger partial charge in [0.05, 0.1) is 10.6 Å². The van der Waals surface area contributed by atoms with Crippen LogP contribution in [-0.2, 0) is 19.4 Å². The van der Waals surface area contributed by atoms with E-state index in [2.05, 4.69) is 0 Å². The highest BCUT2D eigenvalue weighted by Gasteiger charge is 2.25. The summed E-state index contributed by atoms with van der Waals surface area (Å²) in [6.45, 7) is 2.88. The maximum atomic E-state index is 12.5. The molecule has 7 heteroatoms. The second-order valence-electron chi connectivity index (χ2n) is 6.82. The van der Waals surface area contributed by atoms with Crippen LogP contribution in [0.5, 0.6) is 5.75 Å². The number of fused-ring (bicyclic) bond motifs is 1. The third-order valence-electron chi connectivity index (χ3n) is 4.66. The van der Waals surface area contributed by atoms with Crippen molar-refractivity contribution < 1.29 is 27.8 Å². The Balaban J connectivity index is 1.84. The molecule has 1 unspecified atom stereocenters. The van der Waals surface area contributed by atoms with E-state index >= 15 is 0 Å². The zero-order valence-electron chi connectivity index (χ0n) is 16.2. The minimum absolute atomic E-state index is 0.0243. The van der Waals surface area contributed by atoms with Gasteiger partial charge in [-0.05, 0) is 48.2 Å². The first-order chi connectivity index (χ1) is 13.9. The molecule has 2 aromatic carbocycles. The quantitative estimate of drug-likeness (QED) is 0.702. The lowest BCUT2D eigenvalue weighted by Crippen LogP contribution is -2.15. The fraction of sp³-hybridized carbons (Fsp3) is 0.318. The number of aliphatic carboxylic acids is 1. The second kappa shape index (κ2) is 9.24. The Hall–Kier alpha value is -2.64. The van der Waals surface area contributed by atoms with Crippen LogP contribution in [0.1, 0.15) is 37.0 Å². The van der Waals surface area contributed by atoms with Gasteiger partial charge in [0.1, 0.15) is 18.5 Å². The molecule has 1 heterocycles. The van der Waals surface area contributed by atoms with E-state index in [0.29, 0.717) is 17.9 Å². The van der Waals surface area contributed by atoms with Crippen molar-refractivity contribution in [3.05, 3.63) is 65.2 Å². The summed E-state index contributed by atoms with van der Waals surface area (Å²) in [5.74, 6) is -0.876. The van der Waals surface area contributed by atoms with E-state index in [-0.39, 0.29) is 35.4 Å². The number of hydrogen-bond acceptors (Lipinski definition) is 5. The first kappa shape index (κ1) is 21.1. The highest BCUT2D eigenvalue weighted by Crippen LogP contribution is 2.30. The number of rotatable bonds is 8. The molecule has 0 bridgehead atoms. The summed E-state index contributed by atoms with van der Waals surface area (Å²) in [5.41, 5.74) is 1.40. The van der Waals surface area contributed by atoms with E-state index in [1.165, 1.54) is 12.1 Å². The van der Waals surface area contributed by atoms with Crippen molar-refractivity contribution in [1.82, 2.24) is 0 Å². The molecule has 2 aromatic rings. The molecule has 0 amide bonds.